The summed E-state index contributed by atoms with van der Waals surface area (Å²) in [5, 5.41) is 4.46. The lowest BCUT2D eigenvalue weighted by atomic mass is 9.90. The lowest BCUT2D eigenvalue weighted by Gasteiger charge is -2.22. The third-order valence-electron chi connectivity index (χ3n) is 3.52. The van der Waals surface area contributed by atoms with Gasteiger partial charge in [0.25, 0.3) is 0 Å². The van der Waals surface area contributed by atoms with Gasteiger partial charge >= 0.3 is 0 Å². The molecule has 1 aliphatic rings. The topological polar surface area (TPSA) is 34.4 Å². The van der Waals surface area contributed by atoms with Gasteiger partial charge in [0.15, 0.2) is 0 Å². The van der Waals surface area contributed by atoms with Gasteiger partial charge in [-0.25, -0.2) is 0 Å². The Morgan fingerprint density at radius 2 is 2.28 bits per heavy atom. The minimum atomic E-state index is 0.485. The summed E-state index contributed by atoms with van der Waals surface area (Å²) in [6.07, 6.45) is 3.98. The van der Waals surface area contributed by atoms with E-state index in [9.17, 15) is 0 Å². The summed E-state index contributed by atoms with van der Waals surface area (Å²) in [6, 6.07) is 6.06. The lowest BCUT2D eigenvalue weighted by molar-refractivity contribution is 0.415. The fraction of sp³-hybridized carbons (Fsp3) is 0.333. The van der Waals surface area contributed by atoms with Crippen molar-refractivity contribution >= 4 is 16.5 Å². The molecule has 0 amide bonds. The summed E-state index contributed by atoms with van der Waals surface area (Å²) in [4.78, 5) is 0. The molecule has 1 aliphatic heterocycles. The third-order valence-corrected chi connectivity index (χ3v) is 3.52. The smallest absolute Gasteiger partial charge is 0.141 e. The van der Waals surface area contributed by atoms with Crippen molar-refractivity contribution in [1.29, 1.82) is 0 Å². The summed E-state index contributed by atoms with van der Waals surface area (Å²) >= 11 is 0. The molecule has 18 heavy (non-hydrogen) atoms. The van der Waals surface area contributed by atoms with Crippen LogP contribution in [0.5, 0.6) is 5.75 Å². The van der Waals surface area contributed by atoms with Crippen LogP contribution in [-0.2, 0) is 0 Å². The number of fused-ring (bicyclic) bond motifs is 1. The maximum Gasteiger partial charge on any atom is 0.141 e. The average molecular weight is 243 g/mol. The van der Waals surface area contributed by atoms with Gasteiger partial charge in [-0.3, -0.25) is 0 Å². The van der Waals surface area contributed by atoms with Crippen LogP contribution >= 0.6 is 0 Å². The van der Waals surface area contributed by atoms with Crippen LogP contribution in [0.15, 0.2) is 35.0 Å². The van der Waals surface area contributed by atoms with Crippen LogP contribution in [0.4, 0.5) is 0 Å². The number of methoxy groups -OCH3 is 1. The summed E-state index contributed by atoms with van der Waals surface area (Å²) in [5.41, 5.74) is 3.45. The molecule has 3 rings (SSSR count). The molecule has 3 nitrogen and oxygen atoms in total. The Kier molecular flexibility index (Phi) is 2.84. The highest BCUT2D eigenvalue weighted by Crippen LogP contribution is 2.34. The quantitative estimate of drug-likeness (QED) is 0.880. The van der Waals surface area contributed by atoms with E-state index >= 15 is 0 Å². The molecule has 0 saturated carbocycles. The number of ether oxygens (including phenoxy) is 1. The highest BCUT2D eigenvalue weighted by Gasteiger charge is 2.18. The van der Waals surface area contributed by atoms with Crippen LogP contribution in [0.25, 0.3) is 16.5 Å². The lowest BCUT2D eigenvalue weighted by Crippen LogP contribution is -2.27. The van der Waals surface area contributed by atoms with Gasteiger partial charge in [0.05, 0.1) is 13.4 Å². The maximum atomic E-state index is 5.63. The molecule has 0 fully saturated rings. The van der Waals surface area contributed by atoms with Crippen LogP contribution in [0, 0.1) is 5.92 Å². The van der Waals surface area contributed by atoms with Gasteiger partial charge in [-0.2, -0.15) is 0 Å². The number of benzene rings is 1. The van der Waals surface area contributed by atoms with E-state index in [1.165, 1.54) is 5.57 Å². The fourth-order valence-electron chi connectivity index (χ4n) is 2.56. The van der Waals surface area contributed by atoms with Crippen molar-refractivity contribution in [2.45, 2.75) is 6.92 Å². The summed E-state index contributed by atoms with van der Waals surface area (Å²) in [5.74, 6) is 1.37. The zero-order valence-electron chi connectivity index (χ0n) is 10.7. The molecule has 0 spiro atoms. The van der Waals surface area contributed by atoms with Crippen molar-refractivity contribution < 1.29 is 9.15 Å². The van der Waals surface area contributed by atoms with Gasteiger partial charge in [0.2, 0.25) is 0 Å². The molecule has 1 aromatic carbocycles. The second-order valence-corrected chi connectivity index (χ2v) is 4.73. The van der Waals surface area contributed by atoms with E-state index in [-0.39, 0.29) is 0 Å². The minimum Gasteiger partial charge on any atom is -0.497 e. The Morgan fingerprint density at radius 1 is 1.39 bits per heavy atom. The highest BCUT2D eigenvalue weighted by atomic mass is 16.5. The first-order valence-corrected chi connectivity index (χ1v) is 6.26. The Hall–Kier alpha value is -1.74. The van der Waals surface area contributed by atoms with Gasteiger partial charge in [-0.1, -0.05) is 13.0 Å². The van der Waals surface area contributed by atoms with Crippen molar-refractivity contribution in [3.05, 3.63) is 36.1 Å². The average Bonchev–Trinajstić information content (AvgIpc) is 2.86. The molecule has 0 bridgehead atoms. The fourth-order valence-corrected chi connectivity index (χ4v) is 2.56. The van der Waals surface area contributed by atoms with Crippen LogP contribution in [0.3, 0.4) is 0 Å². The third kappa shape index (κ3) is 1.81. The van der Waals surface area contributed by atoms with Crippen molar-refractivity contribution in [3.63, 3.8) is 0 Å². The Balaban J connectivity index is 2.20. The SMILES string of the molecule is COc1cc(C2=CCNCC2C)c2occc2c1. The van der Waals surface area contributed by atoms with E-state index < -0.39 is 0 Å². The van der Waals surface area contributed by atoms with E-state index in [0.29, 0.717) is 5.92 Å². The van der Waals surface area contributed by atoms with Crippen LogP contribution in [0.2, 0.25) is 0 Å². The molecular formula is C15H17NO2. The van der Waals surface area contributed by atoms with Crippen molar-refractivity contribution in [1.82, 2.24) is 5.32 Å². The van der Waals surface area contributed by atoms with Gasteiger partial charge in [-0.05, 0) is 29.7 Å². The van der Waals surface area contributed by atoms with Crippen molar-refractivity contribution in [2.75, 3.05) is 20.2 Å². The largest absolute Gasteiger partial charge is 0.497 e. The highest BCUT2D eigenvalue weighted by molar-refractivity contribution is 5.91. The number of hydrogen-bond donors (Lipinski definition) is 1. The summed E-state index contributed by atoms with van der Waals surface area (Å²) in [6.45, 7) is 4.15. The molecule has 0 aliphatic carbocycles. The summed E-state index contributed by atoms with van der Waals surface area (Å²) < 4.78 is 11.0. The standard InChI is InChI=1S/C15H17NO2/c1-10-9-16-5-3-13(10)14-8-12(17-2)7-11-4-6-18-15(11)14/h3-4,6-8,10,16H,5,9H2,1-2H3. The van der Waals surface area contributed by atoms with E-state index in [1.54, 1.807) is 13.4 Å². The Morgan fingerprint density at radius 3 is 3.06 bits per heavy atom. The molecule has 2 heterocycles. The van der Waals surface area contributed by atoms with E-state index in [2.05, 4.69) is 24.4 Å². The predicted molar refractivity (Wildman–Crippen MR) is 72.8 cm³/mol. The molecule has 1 N–H and O–H groups in total. The molecule has 94 valence electrons. The first-order chi connectivity index (χ1) is 8.79. The molecular weight excluding hydrogens is 226 g/mol. The van der Waals surface area contributed by atoms with E-state index in [1.807, 2.05) is 12.1 Å². The first-order valence-electron chi connectivity index (χ1n) is 6.26. The first kappa shape index (κ1) is 11.4. The zero-order valence-corrected chi connectivity index (χ0v) is 10.7. The Bertz CT molecular complexity index is 598. The summed E-state index contributed by atoms with van der Waals surface area (Å²) in [7, 11) is 1.70. The second kappa shape index (κ2) is 4.50. The zero-order chi connectivity index (χ0) is 12.5. The molecule has 3 heteroatoms. The predicted octanol–water partition coefficient (Wildman–Crippen LogP) is 3.06. The van der Waals surface area contributed by atoms with E-state index in [0.717, 1.165) is 35.4 Å². The van der Waals surface area contributed by atoms with Gasteiger partial charge in [0, 0.05) is 24.0 Å². The number of nitrogens with one attached hydrogen (secondary N) is 1. The monoisotopic (exact) mass is 243 g/mol. The van der Waals surface area contributed by atoms with Gasteiger partial charge < -0.3 is 14.5 Å². The van der Waals surface area contributed by atoms with Crippen LogP contribution in [-0.4, -0.2) is 20.2 Å². The number of hydrogen-bond acceptors (Lipinski definition) is 3. The Labute approximate surface area is 106 Å². The van der Waals surface area contributed by atoms with Gasteiger partial charge in [-0.15, -0.1) is 0 Å². The minimum absolute atomic E-state index is 0.485. The maximum absolute atomic E-state index is 5.63. The van der Waals surface area contributed by atoms with E-state index in [4.69, 9.17) is 9.15 Å². The van der Waals surface area contributed by atoms with Crippen LogP contribution < -0.4 is 10.1 Å². The van der Waals surface area contributed by atoms with Crippen molar-refractivity contribution in [2.24, 2.45) is 5.92 Å². The molecule has 1 unspecified atom stereocenters. The van der Waals surface area contributed by atoms with Gasteiger partial charge in [0.1, 0.15) is 11.3 Å². The normalized spacial score (nSPS) is 19.9. The molecule has 1 aromatic heterocycles. The molecule has 0 radical (unpaired) electrons. The molecule has 1 atom stereocenters. The molecule has 0 saturated heterocycles. The number of furan rings is 1. The second-order valence-electron chi connectivity index (χ2n) is 4.73. The number of rotatable bonds is 2. The molecule has 2 aromatic rings. The van der Waals surface area contributed by atoms with Crippen molar-refractivity contribution in [3.8, 4) is 5.75 Å². The van der Waals surface area contributed by atoms with Crippen LogP contribution in [0.1, 0.15) is 12.5 Å².